The number of phenolic OH excluding ortho intramolecular Hbond substituents is 1. The van der Waals surface area contributed by atoms with E-state index in [2.05, 4.69) is 9.62 Å². The molecule has 0 bridgehead atoms. The minimum absolute atomic E-state index is 0.0682. The molecule has 1 aliphatic carbocycles. The second kappa shape index (κ2) is 5.47. The number of nitrogens with one attached hydrogen (secondary N) is 1. The molecule has 1 saturated carbocycles. The molecule has 1 atom stereocenters. The molecule has 1 aromatic carbocycles. The lowest BCUT2D eigenvalue weighted by Gasteiger charge is -2.15. The van der Waals surface area contributed by atoms with Crippen LogP contribution in [0.4, 0.5) is 5.69 Å². The van der Waals surface area contributed by atoms with Crippen molar-refractivity contribution in [2.24, 2.45) is 5.92 Å². The van der Waals surface area contributed by atoms with Gasteiger partial charge in [0.05, 0.1) is 10.6 Å². The van der Waals surface area contributed by atoms with Gasteiger partial charge in [0.1, 0.15) is 5.75 Å². The lowest BCUT2D eigenvalue weighted by Crippen LogP contribution is -2.31. The average Bonchev–Trinajstić information content (AvgIpc) is 3.19. The van der Waals surface area contributed by atoms with E-state index in [0.717, 1.165) is 25.6 Å². The summed E-state index contributed by atoms with van der Waals surface area (Å²) >= 11 is 0. The van der Waals surface area contributed by atoms with Crippen molar-refractivity contribution in [3.8, 4) is 5.75 Å². The van der Waals surface area contributed by atoms with Crippen molar-refractivity contribution in [3.05, 3.63) is 18.2 Å². The predicted molar refractivity (Wildman–Crippen MR) is 80.4 cm³/mol. The van der Waals surface area contributed by atoms with E-state index in [-0.39, 0.29) is 16.3 Å². The van der Waals surface area contributed by atoms with E-state index in [1.165, 1.54) is 31.0 Å². The molecule has 2 aliphatic rings. The molecular formula is C14H21N3O3S. The monoisotopic (exact) mass is 311 g/mol. The molecule has 0 spiro atoms. The molecule has 1 aromatic rings. The fourth-order valence-corrected chi connectivity index (χ4v) is 3.96. The maximum absolute atomic E-state index is 12.2. The maximum Gasteiger partial charge on any atom is 0.240 e. The highest BCUT2D eigenvalue weighted by atomic mass is 32.2. The van der Waals surface area contributed by atoms with Crippen molar-refractivity contribution in [2.75, 3.05) is 25.4 Å². The van der Waals surface area contributed by atoms with E-state index in [1.54, 1.807) is 0 Å². The van der Waals surface area contributed by atoms with Crippen LogP contribution in [0.5, 0.6) is 5.75 Å². The summed E-state index contributed by atoms with van der Waals surface area (Å²) in [4.78, 5) is 2.55. The summed E-state index contributed by atoms with van der Waals surface area (Å²) in [5.41, 5.74) is 5.61. The summed E-state index contributed by atoms with van der Waals surface area (Å²) in [6.07, 6.45) is 3.60. The second-order valence-corrected chi connectivity index (χ2v) is 7.72. The molecule has 3 rings (SSSR count). The molecule has 4 N–H and O–H groups in total. The lowest BCUT2D eigenvalue weighted by molar-refractivity contribution is 0.314. The third kappa shape index (κ3) is 3.30. The first-order valence-corrected chi connectivity index (χ1v) is 8.76. The Hall–Kier alpha value is -1.31. The molecule has 2 fully saturated rings. The summed E-state index contributed by atoms with van der Waals surface area (Å²) in [6, 6.07) is 4.68. The number of nitrogens with two attached hydrogens (primary N) is 1. The number of sulfonamides is 1. The van der Waals surface area contributed by atoms with Crippen LogP contribution >= 0.6 is 0 Å². The summed E-state index contributed by atoms with van der Waals surface area (Å²) in [7, 11) is -3.57. The molecule has 0 aromatic heterocycles. The van der Waals surface area contributed by atoms with Gasteiger partial charge in [0.25, 0.3) is 0 Å². The quantitative estimate of drug-likeness (QED) is 0.550. The van der Waals surface area contributed by atoms with Gasteiger partial charge in [-0.2, -0.15) is 0 Å². The van der Waals surface area contributed by atoms with Crippen molar-refractivity contribution in [2.45, 2.75) is 30.2 Å². The van der Waals surface area contributed by atoms with Crippen LogP contribution in [-0.2, 0) is 10.0 Å². The first-order valence-electron chi connectivity index (χ1n) is 7.28. The molecule has 1 aliphatic heterocycles. The highest BCUT2D eigenvalue weighted by Crippen LogP contribution is 2.31. The Kier molecular flexibility index (Phi) is 3.81. The Morgan fingerprint density at radius 3 is 2.76 bits per heavy atom. The summed E-state index contributed by atoms with van der Waals surface area (Å²) < 4.78 is 27.1. The average molecular weight is 311 g/mol. The fraction of sp³-hybridized carbons (Fsp3) is 0.571. The third-order valence-electron chi connectivity index (χ3n) is 4.25. The number of likely N-dealkylation sites (tertiary alicyclic amines) is 1. The zero-order chi connectivity index (χ0) is 15.0. The van der Waals surface area contributed by atoms with E-state index in [9.17, 15) is 13.5 Å². The largest absolute Gasteiger partial charge is 0.506 e. The van der Waals surface area contributed by atoms with E-state index in [0.29, 0.717) is 12.5 Å². The van der Waals surface area contributed by atoms with Crippen LogP contribution in [0.15, 0.2) is 23.1 Å². The molecular weight excluding hydrogens is 290 g/mol. The van der Waals surface area contributed by atoms with Gasteiger partial charge in [-0.05, 0) is 49.9 Å². The summed E-state index contributed by atoms with van der Waals surface area (Å²) in [5, 5.41) is 9.35. The fourth-order valence-electron chi connectivity index (χ4n) is 2.81. The molecule has 0 radical (unpaired) electrons. The van der Waals surface area contributed by atoms with Crippen LogP contribution < -0.4 is 10.5 Å². The molecule has 21 heavy (non-hydrogen) atoms. The van der Waals surface area contributed by atoms with Gasteiger partial charge in [0.15, 0.2) is 0 Å². The summed E-state index contributed by atoms with van der Waals surface area (Å²) in [5.74, 6) is 0.264. The van der Waals surface area contributed by atoms with Crippen molar-refractivity contribution in [3.63, 3.8) is 0 Å². The van der Waals surface area contributed by atoms with Crippen LogP contribution in [0.1, 0.15) is 19.3 Å². The van der Waals surface area contributed by atoms with Crippen molar-refractivity contribution < 1.29 is 13.5 Å². The van der Waals surface area contributed by atoms with Crippen LogP contribution in [0.25, 0.3) is 0 Å². The normalized spacial score (nSPS) is 23.5. The minimum Gasteiger partial charge on any atom is -0.506 e. The Labute approximate surface area is 125 Å². The molecule has 0 amide bonds. The number of hydrogen-bond acceptors (Lipinski definition) is 5. The number of aromatic hydroxyl groups is 1. The van der Waals surface area contributed by atoms with Gasteiger partial charge < -0.3 is 15.7 Å². The Morgan fingerprint density at radius 2 is 2.10 bits per heavy atom. The summed E-state index contributed by atoms with van der Waals surface area (Å²) in [6.45, 7) is 2.50. The van der Waals surface area contributed by atoms with Crippen LogP contribution in [0.2, 0.25) is 0 Å². The van der Waals surface area contributed by atoms with E-state index in [4.69, 9.17) is 5.73 Å². The molecule has 6 nitrogen and oxygen atoms in total. The van der Waals surface area contributed by atoms with Gasteiger partial charge in [-0.15, -0.1) is 0 Å². The van der Waals surface area contributed by atoms with Crippen LogP contribution in [0, 0.1) is 5.92 Å². The minimum atomic E-state index is -3.57. The zero-order valence-electron chi connectivity index (χ0n) is 11.8. The van der Waals surface area contributed by atoms with Crippen molar-refractivity contribution >= 4 is 15.7 Å². The van der Waals surface area contributed by atoms with Gasteiger partial charge in [-0.25, -0.2) is 13.1 Å². The topological polar surface area (TPSA) is 95.7 Å². The Balaban J connectivity index is 1.59. The zero-order valence-corrected chi connectivity index (χ0v) is 12.6. The smallest absolute Gasteiger partial charge is 0.240 e. The predicted octanol–water partition coefficient (Wildman–Crippen LogP) is 0.737. The van der Waals surface area contributed by atoms with Gasteiger partial charge >= 0.3 is 0 Å². The second-order valence-electron chi connectivity index (χ2n) is 5.95. The highest BCUT2D eigenvalue weighted by Gasteiger charge is 2.34. The molecule has 7 heteroatoms. The van der Waals surface area contributed by atoms with E-state index < -0.39 is 10.0 Å². The molecule has 116 valence electrons. The number of nitrogens with zero attached hydrogens (tertiary/aromatic N) is 1. The number of benzene rings is 1. The highest BCUT2D eigenvalue weighted by molar-refractivity contribution is 7.89. The van der Waals surface area contributed by atoms with Gasteiger partial charge in [0, 0.05) is 19.1 Å². The maximum atomic E-state index is 12.2. The molecule has 1 saturated heterocycles. The number of nitrogen functional groups attached to an aromatic ring is 1. The van der Waals surface area contributed by atoms with Gasteiger partial charge in [0.2, 0.25) is 10.0 Å². The number of phenols is 1. The van der Waals surface area contributed by atoms with Crippen LogP contribution in [0.3, 0.4) is 0 Å². The number of anilines is 1. The third-order valence-corrected chi connectivity index (χ3v) is 5.67. The van der Waals surface area contributed by atoms with Gasteiger partial charge in [-0.3, -0.25) is 0 Å². The van der Waals surface area contributed by atoms with E-state index in [1.807, 2.05) is 0 Å². The first kappa shape index (κ1) is 14.6. The number of hydrogen-bond donors (Lipinski definition) is 3. The van der Waals surface area contributed by atoms with Crippen molar-refractivity contribution in [1.82, 2.24) is 9.62 Å². The van der Waals surface area contributed by atoms with Crippen molar-refractivity contribution in [1.29, 1.82) is 0 Å². The standard InChI is InChI=1S/C14H21N3O3S/c15-13-7-12(3-4-14(13)18)21(19,20)16-8-10-5-6-17(9-10)11-1-2-11/h3-4,7,10-11,16,18H,1-2,5-6,8-9,15H2. The lowest BCUT2D eigenvalue weighted by atomic mass is 10.1. The SMILES string of the molecule is Nc1cc(S(=O)(=O)NCC2CCN(C3CC3)C2)ccc1O. The van der Waals surface area contributed by atoms with E-state index >= 15 is 0 Å². The first-order chi connectivity index (χ1) is 9.95. The molecule has 1 unspecified atom stereocenters. The Morgan fingerprint density at radius 1 is 1.33 bits per heavy atom. The molecule has 1 heterocycles. The van der Waals surface area contributed by atoms with Gasteiger partial charge in [-0.1, -0.05) is 0 Å². The number of rotatable bonds is 5. The van der Waals surface area contributed by atoms with Crippen LogP contribution in [-0.4, -0.2) is 44.1 Å². The Bertz CT molecular complexity index is 628.